The molecule has 0 radical (unpaired) electrons. The summed E-state index contributed by atoms with van der Waals surface area (Å²) in [5.74, 6) is 4.65. The summed E-state index contributed by atoms with van der Waals surface area (Å²) in [4.78, 5) is 13.7. The van der Waals surface area contributed by atoms with Gasteiger partial charge in [-0.15, -0.1) is 0 Å². The van der Waals surface area contributed by atoms with E-state index >= 15 is 0 Å². The quantitative estimate of drug-likeness (QED) is 0.667. The zero-order valence-corrected chi connectivity index (χ0v) is 11.4. The summed E-state index contributed by atoms with van der Waals surface area (Å²) in [6, 6.07) is 11.4. The van der Waals surface area contributed by atoms with Gasteiger partial charge in [0.2, 0.25) is 0 Å². The number of aryl methyl sites for hydroxylation is 1. The number of nitrogens with two attached hydrogens (primary N) is 1. The second-order valence-corrected chi connectivity index (χ2v) is 4.51. The van der Waals surface area contributed by atoms with Crippen molar-refractivity contribution < 1.29 is 9.18 Å². The summed E-state index contributed by atoms with van der Waals surface area (Å²) in [6.45, 7) is 1.90. The van der Waals surface area contributed by atoms with Crippen LogP contribution in [0.3, 0.4) is 0 Å². The Labute approximate surface area is 117 Å². The van der Waals surface area contributed by atoms with E-state index in [1.54, 1.807) is 30.3 Å². The normalized spacial score (nSPS) is 10.2. The number of hydrogen-bond donors (Lipinski definition) is 2. The number of hydrogen-bond acceptors (Lipinski definition) is 3. The second-order valence-electron chi connectivity index (χ2n) is 4.51. The minimum absolute atomic E-state index is 0.223. The zero-order valence-electron chi connectivity index (χ0n) is 11.4. The van der Waals surface area contributed by atoms with Gasteiger partial charge in [-0.2, -0.15) is 0 Å². The number of carbonyl (C=O) groups excluding carboxylic acids is 1. The molecule has 2 aromatic rings. The molecule has 0 aliphatic heterocycles. The number of anilines is 2. The number of rotatable bonds is 3. The van der Waals surface area contributed by atoms with Gasteiger partial charge in [0, 0.05) is 7.05 Å². The van der Waals surface area contributed by atoms with Crippen molar-refractivity contribution in [1.29, 1.82) is 0 Å². The molecule has 0 atom stereocenters. The van der Waals surface area contributed by atoms with E-state index in [1.807, 2.05) is 13.0 Å². The molecule has 0 spiro atoms. The summed E-state index contributed by atoms with van der Waals surface area (Å²) in [7, 11) is 1.53. The third kappa shape index (κ3) is 2.62. The van der Waals surface area contributed by atoms with Crippen LogP contribution in [-0.2, 0) is 0 Å². The Balaban J connectivity index is 2.39. The summed E-state index contributed by atoms with van der Waals surface area (Å²) >= 11 is 0. The van der Waals surface area contributed by atoms with Crippen molar-refractivity contribution in [2.45, 2.75) is 6.92 Å². The number of carbonyl (C=O) groups is 1. The molecule has 2 rings (SSSR count). The van der Waals surface area contributed by atoms with Gasteiger partial charge in [0.25, 0.3) is 5.91 Å². The molecule has 0 aliphatic rings. The monoisotopic (exact) mass is 273 g/mol. The fourth-order valence-corrected chi connectivity index (χ4v) is 1.98. The average molecular weight is 273 g/mol. The van der Waals surface area contributed by atoms with Crippen molar-refractivity contribution in [1.82, 2.24) is 0 Å². The number of para-hydroxylation sites is 1. The van der Waals surface area contributed by atoms with E-state index in [1.165, 1.54) is 18.0 Å². The lowest BCUT2D eigenvalue weighted by Crippen LogP contribution is -2.28. The maximum absolute atomic E-state index is 13.7. The molecule has 20 heavy (non-hydrogen) atoms. The van der Waals surface area contributed by atoms with E-state index < -0.39 is 5.82 Å². The van der Waals surface area contributed by atoms with Crippen LogP contribution in [0.5, 0.6) is 0 Å². The first-order chi connectivity index (χ1) is 9.54. The maximum atomic E-state index is 13.7. The number of amides is 1. The highest BCUT2D eigenvalue weighted by molar-refractivity contribution is 6.09. The van der Waals surface area contributed by atoms with Crippen molar-refractivity contribution in [2.24, 2.45) is 5.84 Å². The predicted molar refractivity (Wildman–Crippen MR) is 78.1 cm³/mol. The lowest BCUT2D eigenvalue weighted by molar-refractivity contribution is 0.0993. The number of nitrogen functional groups attached to an aromatic ring is 1. The Kier molecular flexibility index (Phi) is 4.00. The highest BCUT2D eigenvalue weighted by Gasteiger charge is 2.19. The fraction of sp³-hybridized carbons (Fsp3) is 0.133. The summed E-state index contributed by atoms with van der Waals surface area (Å²) in [6.07, 6.45) is 0. The molecule has 0 heterocycles. The molecule has 0 saturated heterocycles. The molecule has 0 unspecified atom stereocenters. The maximum Gasteiger partial charge on any atom is 0.260 e. The molecule has 3 N–H and O–H groups in total. The Hall–Kier alpha value is -2.40. The lowest BCUT2D eigenvalue weighted by Gasteiger charge is -2.19. The van der Waals surface area contributed by atoms with Gasteiger partial charge in [0.1, 0.15) is 5.82 Å². The van der Waals surface area contributed by atoms with Crippen molar-refractivity contribution in [3.63, 3.8) is 0 Å². The highest BCUT2D eigenvalue weighted by atomic mass is 19.1. The lowest BCUT2D eigenvalue weighted by atomic mass is 10.1. The number of nitrogens with one attached hydrogen (secondary N) is 1. The summed E-state index contributed by atoms with van der Waals surface area (Å²) in [5.41, 5.74) is 4.60. The third-order valence-electron chi connectivity index (χ3n) is 3.08. The molecule has 0 fully saturated rings. The fourth-order valence-electron chi connectivity index (χ4n) is 1.98. The van der Waals surface area contributed by atoms with Gasteiger partial charge in [-0.1, -0.05) is 18.2 Å². The topological polar surface area (TPSA) is 58.4 Å². The minimum atomic E-state index is -0.447. The standard InChI is InChI=1S/C15H16FN3O/c1-10-7-8-11(13(9-10)18-17)15(20)19(2)14-6-4-3-5-12(14)16/h3-9,18H,17H2,1-2H3. The molecule has 104 valence electrons. The highest BCUT2D eigenvalue weighted by Crippen LogP contribution is 2.23. The minimum Gasteiger partial charge on any atom is -0.323 e. The Morgan fingerprint density at radius 2 is 1.95 bits per heavy atom. The van der Waals surface area contributed by atoms with Crippen LogP contribution >= 0.6 is 0 Å². The summed E-state index contributed by atoms with van der Waals surface area (Å²) < 4.78 is 13.7. The van der Waals surface area contributed by atoms with Crippen LogP contribution in [0.2, 0.25) is 0 Å². The Morgan fingerprint density at radius 3 is 2.60 bits per heavy atom. The Bertz CT molecular complexity index is 643. The van der Waals surface area contributed by atoms with Crippen molar-refractivity contribution in [3.05, 3.63) is 59.4 Å². The van der Waals surface area contributed by atoms with Crippen LogP contribution in [0.15, 0.2) is 42.5 Å². The second kappa shape index (κ2) is 5.71. The number of nitrogens with zero attached hydrogens (tertiary/aromatic N) is 1. The van der Waals surface area contributed by atoms with Crippen LogP contribution in [0.4, 0.5) is 15.8 Å². The van der Waals surface area contributed by atoms with Gasteiger partial charge >= 0.3 is 0 Å². The largest absolute Gasteiger partial charge is 0.323 e. The van der Waals surface area contributed by atoms with Crippen LogP contribution in [0, 0.1) is 12.7 Å². The first kappa shape index (κ1) is 14.0. The third-order valence-corrected chi connectivity index (χ3v) is 3.08. The first-order valence-corrected chi connectivity index (χ1v) is 6.14. The van der Waals surface area contributed by atoms with E-state index in [0.29, 0.717) is 11.3 Å². The average Bonchev–Trinajstić information content (AvgIpc) is 2.46. The molecular formula is C15H16FN3O. The molecule has 0 saturated carbocycles. The van der Waals surface area contributed by atoms with E-state index in [2.05, 4.69) is 5.43 Å². The Morgan fingerprint density at radius 1 is 1.25 bits per heavy atom. The summed E-state index contributed by atoms with van der Waals surface area (Å²) in [5, 5.41) is 0. The molecule has 0 bridgehead atoms. The molecule has 5 heteroatoms. The molecule has 4 nitrogen and oxygen atoms in total. The number of halogens is 1. The molecule has 0 aromatic heterocycles. The van der Waals surface area contributed by atoms with Crippen LogP contribution in [0.1, 0.15) is 15.9 Å². The van der Waals surface area contributed by atoms with Crippen molar-refractivity contribution in [3.8, 4) is 0 Å². The van der Waals surface area contributed by atoms with Crippen LogP contribution in [0.25, 0.3) is 0 Å². The van der Waals surface area contributed by atoms with E-state index in [4.69, 9.17) is 5.84 Å². The van der Waals surface area contributed by atoms with Gasteiger partial charge < -0.3 is 10.3 Å². The zero-order chi connectivity index (χ0) is 14.7. The van der Waals surface area contributed by atoms with Gasteiger partial charge in [0.05, 0.1) is 16.9 Å². The molecule has 2 aromatic carbocycles. The van der Waals surface area contributed by atoms with E-state index in [9.17, 15) is 9.18 Å². The smallest absolute Gasteiger partial charge is 0.260 e. The van der Waals surface area contributed by atoms with Crippen LogP contribution < -0.4 is 16.2 Å². The van der Waals surface area contributed by atoms with Gasteiger partial charge in [-0.05, 0) is 36.8 Å². The predicted octanol–water partition coefficient (Wildman–Crippen LogP) is 2.70. The van der Waals surface area contributed by atoms with Crippen LogP contribution in [-0.4, -0.2) is 13.0 Å². The van der Waals surface area contributed by atoms with E-state index in [-0.39, 0.29) is 11.6 Å². The van der Waals surface area contributed by atoms with Crippen molar-refractivity contribution in [2.75, 3.05) is 17.4 Å². The van der Waals surface area contributed by atoms with Gasteiger partial charge in [-0.25, -0.2) is 4.39 Å². The molecule has 1 amide bonds. The van der Waals surface area contributed by atoms with Gasteiger partial charge in [0.15, 0.2) is 0 Å². The van der Waals surface area contributed by atoms with Gasteiger partial charge in [-0.3, -0.25) is 10.6 Å². The number of benzene rings is 2. The molecular weight excluding hydrogens is 257 g/mol. The number of hydrazine groups is 1. The molecule has 0 aliphatic carbocycles. The van der Waals surface area contributed by atoms with E-state index in [0.717, 1.165) is 5.56 Å². The van der Waals surface area contributed by atoms with Crippen molar-refractivity contribution >= 4 is 17.3 Å². The SMILES string of the molecule is Cc1ccc(C(=O)N(C)c2ccccc2F)c(NN)c1. The first-order valence-electron chi connectivity index (χ1n) is 6.14.